The van der Waals surface area contributed by atoms with Gasteiger partial charge in [-0.3, -0.25) is 4.79 Å². The molecule has 54 valence electrons. The van der Waals surface area contributed by atoms with Crippen LogP contribution < -0.4 is 10.3 Å². The molecule has 0 saturated carbocycles. The summed E-state index contributed by atoms with van der Waals surface area (Å²) in [5.41, 5.74) is 0.574. The van der Waals surface area contributed by atoms with Gasteiger partial charge in [0.15, 0.2) is 6.29 Å². The van der Waals surface area contributed by atoms with E-state index < -0.39 is 0 Å². The average molecular weight is 147 g/mol. The van der Waals surface area contributed by atoms with Crippen molar-refractivity contribution in [3.8, 4) is 5.88 Å². The first-order chi connectivity index (χ1) is 5.27. The molecule has 1 heterocycles. The molecule has 0 fully saturated rings. The number of carbonyl (C=O) groups excluding carboxylic acids is 1. The second-order valence-electron chi connectivity index (χ2n) is 1.95. The van der Waals surface area contributed by atoms with Gasteiger partial charge >= 0.3 is 0 Å². The topological polar surface area (TPSA) is 39.2 Å². The van der Waals surface area contributed by atoms with Crippen LogP contribution in [0.25, 0.3) is 0 Å². The van der Waals surface area contributed by atoms with Crippen molar-refractivity contribution in [3.63, 3.8) is 0 Å². The lowest BCUT2D eigenvalue weighted by atomic mass is 9.98. The van der Waals surface area contributed by atoms with Gasteiger partial charge in [0.1, 0.15) is 7.85 Å². The largest absolute Gasteiger partial charge is 0.481 e. The zero-order chi connectivity index (χ0) is 8.27. The van der Waals surface area contributed by atoms with Crippen molar-refractivity contribution in [2.75, 3.05) is 7.11 Å². The van der Waals surface area contributed by atoms with E-state index in [1.165, 1.54) is 7.11 Å². The van der Waals surface area contributed by atoms with Gasteiger partial charge in [-0.1, -0.05) is 0 Å². The summed E-state index contributed by atoms with van der Waals surface area (Å²) in [5.74, 6) is 0.410. The van der Waals surface area contributed by atoms with Gasteiger partial charge in [-0.05, 0) is 6.07 Å². The maximum Gasteiger partial charge on any atom is 0.212 e. The number of ether oxygens (including phenoxy) is 1. The first kappa shape index (κ1) is 7.79. The second-order valence-corrected chi connectivity index (χ2v) is 1.95. The second kappa shape index (κ2) is 3.19. The minimum atomic E-state index is 0.194. The molecular formula is C7H6BNO2. The lowest BCUT2D eigenvalue weighted by Gasteiger charge is -2.00. The van der Waals surface area contributed by atoms with E-state index in [2.05, 4.69) is 4.98 Å². The number of methoxy groups -OCH3 is 1. The molecule has 0 saturated heterocycles. The fraction of sp³-hybridized carbons (Fsp3) is 0.143. The van der Waals surface area contributed by atoms with E-state index in [-0.39, 0.29) is 5.59 Å². The molecule has 0 bridgehead atoms. The maximum atomic E-state index is 10.3. The van der Waals surface area contributed by atoms with Crippen molar-refractivity contribution in [2.45, 2.75) is 0 Å². The summed E-state index contributed by atoms with van der Waals surface area (Å²) in [6.45, 7) is 0. The number of aldehydes is 1. The Morgan fingerprint density at radius 3 is 2.82 bits per heavy atom. The Morgan fingerprint density at radius 1 is 1.64 bits per heavy atom. The predicted octanol–water partition coefficient (Wildman–Crippen LogP) is -0.304. The molecule has 0 unspecified atom stereocenters. The highest BCUT2D eigenvalue weighted by Crippen LogP contribution is 2.01. The molecule has 1 rings (SSSR count). The van der Waals surface area contributed by atoms with Gasteiger partial charge in [0, 0.05) is 17.2 Å². The minimum absolute atomic E-state index is 0.194. The van der Waals surface area contributed by atoms with Crippen LogP contribution in [0.15, 0.2) is 12.1 Å². The molecule has 0 N–H and O–H groups in total. The summed E-state index contributed by atoms with van der Waals surface area (Å²) in [6, 6.07) is 3.15. The highest BCUT2D eigenvalue weighted by Gasteiger charge is 1.98. The third-order valence-electron chi connectivity index (χ3n) is 1.27. The van der Waals surface area contributed by atoms with Crippen LogP contribution in [-0.2, 0) is 0 Å². The molecule has 0 aliphatic carbocycles. The van der Waals surface area contributed by atoms with Gasteiger partial charge in [-0.25, -0.2) is 4.98 Å². The van der Waals surface area contributed by atoms with Crippen LogP contribution in [-0.4, -0.2) is 26.2 Å². The van der Waals surface area contributed by atoms with Crippen LogP contribution in [0.4, 0.5) is 0 Å². The number of pyridine rings is 1. The number of carbonyl (C=O) groups is 1. The zero-order valence-electron chi connectivity index (χ0n) is 6.07. The lowest BCUT2D eigenvalue weighted by Crippen LogP contribution is -2.14. The Hall–Kier alpha value is -1.32. The average Bonchev–Trinajstić information content (AvgIpc) is 2.04. The highest BCUT2D eigenvalue weighted by atomic mass is 16.5. The molecule has 0 amide bonds. The number of hydrogen-bond acceptors (Lipinski definition) is 3. The summed E-state index contributed by atoms with van der Waals surface area (Å²) < 4.78 is 4.79. The number of rotatable bonds is 2. The number of hydrogen-bond donors (Lipinski definition) is 0. The van der Waals surface area contributed by atoms with E-state index in [1.54, 1.807) is 12.1 Å². The molecule has 11 heavy (non-hydrogen) atoms. The molecule has 0 aromatic carbocycles. The van der Waals surface area contributed by atoms with E-state index in [9.17, 15) is 4.79 Å². The molecule has 1 aromatic rings. The predicted molar refractivity (Wildman–Crippen MR) is 41.6 cm³/mol. The van der Waals surface area contributed by atoms with Gasteiger partial charge in [0.2, 0.25) is 5.88 Å². The smallest absolute Gasteiger partial charge is 0.212 e. The van der Waals surface area contributed by atoms with Gasteiger partial charge in [-0.15, -0.1) is 0 Å². The molecule has 0 aliphatic heterocycles. The highest BCUT2D eigenvalue weighted by molar-refractivity contribution is 6.33. The standard InChI is InChI=1S/C7H6BNO2/c1-11-6-3-2-5(4-10)7(8)9-6/h2-4H,1H3. The fourth-order valence-electron chi connectivity index (χ4n) is 0.680. The normalized spacial score (nSPS) is 9.18. The SMILES string of the molecule is [B]c1nc(OC)ccc1C=O. The van der Waals surface area contributed by atoms with E-state index in [0.29, 0.717) is 17.7 Å². The van der Waals surface area contributed by atoms with Crippen molar-refractivity contribution < 1.29 is 9.53 Å². The monoisotopic (exact) mass is 147 g/mol. The third kappa shape index (κ3) is 1.58. The number of nitrogens with zero attached hydrogens (tertiary/aromatic N) is 1. The summed E-state index contributed by atoms with van der Waals surface area (Å²) in [5, 5.41) is 0. The Morgan fingerprint density at radius 2 is 2.36 bits per heavy atom. The van der Waals surface area contributed by atoms with Crippen molar-refractivity contribution in [1.82, 2.24) is 4.98 Å². The van der Waals surface area contributed by atoms with Crippen molar-refractivity contribution in [1.29, 1.82) is 0 Å². The van der Waals surface area contributed by atoms with E-state index in [0.717, 1.165) is 0 Å². The quantitative estimate of drug-likeness (QED) is 0.425. The summed E-state index contributed by atoms with van der Waals surface area (Å²) >= 11 is 0. The van der Waals surface area contributed by atoms with Crippen LogP contribution in [0, 0.1) is 0 Å². The van der Waals surface area contributed by atoms with Crippen molar-refractivity contribution >= 4 is 19.7 Å². The zero-order valence-corrected chi connectivity index (χ0v) is 6.07. The van der Waals surface area contributed by atoms with Gasteiger partial charge < -0.3 is 4.74 Å². The van der Waals surface area contributed by atoms with Crippen molar-refractivity contribution in [2.24, 2.45) is 0 Å². The first-order valence-corrected chi connectivity index (χ1v) is 3.03. The molecule has 2 radical (unpaired) electrons. The summed E-state index contributed by atoms with van der Waals surface area (Å²) in [6.07, 6.45) is 0.655. The minimum Gasteiger partial charge on any atom is -0.481 e. The summed E-state index contributed by atoms with van der Waals surface area (Å²) in [7, 11) is 6.87. The van der Waals surface area contributed by atoms with Crippen LogP contribution in [0.5, 0.6) is 5.88 Å². The Labute approximate surface area is 65.8 Å². The van der Waals surface area contributed by atoms with Gasteiger partial charge in [0.05, 0.1) is 7.11 Å². The molecule has 3 nitrogen and oxygen atoms in total. The molecular weight excluding hydrogens is 141 g/mol. The van der Waals surface area contributed by atoms with E-state index >= 15 is 0 Å². The third-order valence-corrected chi connectivity index (χ3v) is 1.27. The van der Waals surface area contributed by atoms with Crippen LogP contribution >= 0.6 is 0 Å². The number of aromatic nitrogens is 1. The van der Waals surface area contributed by atoms with Crippen LogP contribution in [0.2, 0.25) is 0 Å². The van der Waals surface area contributed by atoms with Crippen LogP contribution in [0.3, 0.4) is 0 Å². The molecule has 0 atom stereocenters. The maximum absolute atomic E-state index is 10.3. The van der Waals surface area contributed by atoms with Crippen LogP contribution in [0.1, 0.15) is 10.4 Å². The Balaban J connectivity index is 3.09. The molecule has 1 aromatic heterocycles. The van der Waals surface area contributed by atoms with E-state index in [1.807, 2.05) is 0 Å². The fourth-order valence-corrected chi connectivity index (χ4v) is 0.680. The van der Waals surface area contributed by atoms with E-state index in [4.69, 9.17) is 12.6 Å². The first-order valence-electron chi connectivity index (χ1n) is 3.03. The molecule has 0 spiro atoms. The lowest BCUT2D eigenvalue weighted by molar-refractivity contribution is 0.112. The van der Waals surface area contributed by atoms with Gasteiger partial charge in [-0.2, -0.15) is 0 Å². The summed E-state index contributed by atoms with van der Waals surface area (Å²) in [4.78, 5) is 14.1. The Kier molecular flexibility index (Phi) is 2.26. The molecule has 4 heteroatoms. The molecule has 0 aliphatic rings. The van der Waals surface area contributed by atoms with Gasteiger partial charge in [0.25, 0.3) is 0 Å². The van der Waals surface area contributed by atoms with Crippen molar-refractivity contribution in [3.05, 3.63) is 17.7 Å². The Bertz CT molecular complexity index is 275.